The Morgan fingerprint density at radius 1 is 1.00 bits per heavy atom. The first-order valence-electron chi connectivity index (χ1n) is 9.76. The molecule has 0 aliphatic carbocycles. The molecule has 0 radical (unpaired) electrons. The second-order valence-electron chi connectivity index (χ2n) is 7.46. The van der Waals surface area contributed by atoms with Crippen LogP contribution in [0.3, 0.4) is 0 Å². The Bertz CT molecular complexity index is 1330. The Balaban J connectivity index is 1.67. The van der Waals surface area contributed by atoms with Gasteiger partial charge in [0.25, 0.3) is 0 Å². The van der Waals surface area contributed by atoms with Crippen molar-refractivity contribution in [2.24, 2.45) is 0 Å². The van der Waals surface area contributed by atoms with Crippen LogP contribution in [-0.4, -0.2) is 43.9 Å². The molecule has 170 valence electrons. The molecule has 11 heteroatoms. The highest BCUT2D eigenvalue weighted by molar-refractivity contribution is 7.92. The van der Waals surface area contributed by atoms with E-state index in [2.05, 4.69) is 15.5 Å². The molecule has 0 saturated heterocycles. The van der Waals surface area contributed by atoms with Crippen molar-refractivity contribution in [3.63, 3.8) is 0 Å². The van der Waals surface area contributed by atoms with Crippen LogP contribution < -0.4 is 5.32 Å². The topological polar surface area (TPSA) is 136 Å². The van der Waals surface area contributed by atoms with Crippen LogP contribution in [0.5, 0.6) is 0 Å². The van der Waals surface area contributed by atoms with E-state index in [0.29, 0.717) is 5.56 Å². The molecule has 2 aromatic carbocycles. The van der Waals surface area contributed by atoms with E-state index in [-0.39, 0.29) is 33.9 Å². The summed E-state index contributed by atoms with van der Waals surface area (Å²) >= 11 is 0. The number of nitrogens with zero attached hydrogens (tertiary/aromatic N) is 2. The lowest BCUT2D eigenvalue weighted by Gasteiger charge is -2.08. The summed E-state index contributed by atoms with van der Waals surface area (Å²) < 4.78 is 54.9. The molecule has 0 atom stereocenters. The summed E-state index contributed by atoms with van der Waals surface area (Å²) in [6.45, 7) is 5.02. The van der Waals surface area contributed by atoms with Crippen molar-refractivity contribution in [1.82, 2.24) is 10.2 Å². The highest BCUT2D eigenvalue weighted by Crippen LogP contribution is 2.25. The van der Waals surface area contributed by atoms with Crippen LogP contribution in [0.25, 0.3) is 11.5 Å². The molecule has 0 saturated carbocycles. The molecule has 1 N–H and O–H groups in total. The number of benzene rings is 2. The number of sulfone groups is 2. The van der Waals surface area contributed by atoms with Crippen LogP contribution in [0, 0.1) is 6.92 Å². The van der Waals surface area contributed by atoms with Crippen molar-refractivity contribution in [3.05, 3.63) is 54.1 Å². The molecular weight excluding hydrogens is 454 g/mol. The van der Waals surface area contributed by atoms with E-state index in [1.54, 1.807) is 38.1 Å². The minimum absolute atomic E-state index is 0.0217. The Morgan fingerprint density at radius 2 is 1.69 bits per heavy atom. The monoisotopic (exact) mass is 477 g/mol. The molecule has 0 bridgehead atoms. The van der Waals surface area contributed by atoms with Crippen LogP contribution in [0.2, 0.25) is 0 Å². The zero-order chi connectivity index (χ0) is 23.5. The molecule has 3 rings (SSSR count). The molecule has 0 spiro atoms. The molecule has 9 nitrogen and oxygen atoms in total. The number of hydrogen-bond acceptors (Lipinski definition) is 8. The lowest BCUT2D eigenvalue weighted by atomic mass is 10.2. The maximum absolute atomic E-state index is 12.4. The lowest BCUT2D eigenvalue weighted by molar-refractivity contribution is -0.115. The van der Waals surface area contributed by atoms with Crippen molar-refractivity contribution < 1.29 is 26.0 Å². The Hall–Kier alpha value is -3.05. The zero-order valence-corrected chi connectivity index (χ0v) is 19.4. The molecule has 0 aliphatic rings. The zero-order valence-electron chi connectivity index (χ0n) is 17.8. The quantitative estimate of drug-likeness (QED) is 0.523. The Kier molecular flexibility index (Phi) is 6.79. The number of aromatic nitrogens is 2. The number of anilines is 1. The van der Waals surface area contributed by atoms with Gasteiger partial charge in [-0.25, -0.2) is 16.8 Å². The fourth-order valence-electron chi connectivity index (χ4n) is 2.74. The van der Waals surface area contributed by atoms with Crippen molar-refractivity contribution in [2.45, 2.75) is 42.2 Å². The van der Waals surface area contributed by atoms with Gasteiger partial charge in [-0.1, -0.05) is 28.9 Å². The van der Waals surface area contributed by atoms with Gasteiger partial charge in [0.2, 0.25) is 11.8 Å². The first-order valence-corrected chi connectivity index (χ1v) is 13.0. The summed E-state index contributed by atoms with van der Waals surface area (Å²) in [5.74, 6) is -0.960. The van der Waals surface area contributed by atoms with Gasteiger partial charge in [0.1, 0.15) is 0 Å². The maximum Gasteiger partial charge on any atom is 0.322 e. The number of amides is 1. The van der Waals surface area contributed by atoms with Crippen LogP contribution in [-0.2, 0) is 24.5 Å². The first kappa shape index (κ1) is 23.6. The Labute approximate surface area is 186 Å². The molecule has 1 amide bonds. The average molecular weight is 478 g/mol. The fraction of sp³-hybridized carbons (Fsp3) is 0.286. The van der Waals surface area contributed by atoms with Gasteiger partial charge in [-0.3, -0.25) is 10.1 Å². The van der Waals surface area contributed by atoms with Crippen LogP contribution in [0.4, 0.5) is 6.01 Å². The maximum atomic E-state index is 12.4. The molecular formula is C21H23N3O6S2. The Morgan fingerprint density at radius 3 is 2.34 bits per heavy atom. The highest BCUT2D eigenvalue weighted by Gasteiger charge is 2.21. The summed E-state index contributed by atoms with van der Waals surface area (Å²) in [6.07, 6.45) is -0.296. The van der Waals surface area contributed by atoms with Crippen molar-refractivity contribution in [2.75, 3.05) is 11.1 Å². The smallest absolute Gasteiger partial charge is 0.322 e. The summed E-state index contributed by atoms with van der Waals surface area (Å²) in [6, 6.07) is 12.2. The third-order valence-electron chi connectivity index (χ3n) is 4.68. The fourth-order valence-corrected chi connectivity index (χ4v) is 5.09. The van der Waals surface area contributed by atoms with Gasteiger partial charge in [-0.15, -0.1) is 5.10 Å². The summed E-state index contributed by atoms with van der Waals surface area (Å²) in [4.78, 5) is 12.4. The minimum Gasteiger partial charge on any atom is -0.403 e. The van der Waals surface area contributed by atoms with Gasteiger partial charge in [0.15, 0.2) is 19.7 Å². The SMILES string of the molecule is Cc1ccc(S(=O)(=O)CCC(=O)Nc2nnc(-c3cccc(S(=O)(=O)C(C)C)c3)o2)cc1. The van der Waals surface area contributed by atoms with Gasteiger partial charge in [-0.2, -0.15) is 0 Å². The van der Waals surface area contributed by atoms with Gasteiger partial charge in [-0.05, 0) is 51.1 Å². The van der Waals surface area contributed by atoms with E-state index in [1.165, 1.54) is 24.3 Å². The van der Waals surface area contributed by atoms with Crippen molar-refractivity contribution >= 4 is 31.6 Å². The number of carbonyl (C=O) groups excluding carboxylic acids is 1. The largest absolute Gasteiger partial charge is 0.403 e. The van der Waals surface area contributed by atoms with Crippen LogP contribution in [0.1, 0.15) is 25.8 Å². The lowest BCUT2D eigenvalue weighted by Crippen LogP contribution is -2.17. The van der Waals surface area contributed by atoms with Crippen LogP contribution in [0.15, 0.2) is 62.7 Å². The summed E-state index contributed by atoms with van der Waals surface area (Å²) in [5, 5.41) is 9.33. The van der Waals surface area contributed by atoms with E-state index < -0.39 is 30.8 Å². The number of rotatable bonds is 8. The van der Waals surface area contributed by atoms with Crippen molar-refractivity contribution in [1.29, 1.82) is 0 Å². The molecule has 32 heavy (non-hydrogen) atoms. The second kappa shape index (κ2) is 9.21. The summed E-state index contributed by atoms with van der Waals surface area (Å²) in [5.41, 5.74) is 1.31. The molecule has 1 aromatic heterocycles. The summed E-state index contributed by atoms with van der Waals surface area (Å²) in [7, 11) is -7.10. The van der Waals surface area contributed by atoms with Crippen molar-refractivity contribution in [3.8, 4) is 11.5 Å². The van der Waals surface area contributed by atoms with Crippen LogP contribution >= 0.6 is 0 Å². The van der Waals surface area contributed by atoms with E-state index in [0.717, 1.165) is 5.56 Å². The second-order valence-corrected chi connectivity index (χ2v) is 12.1. The van der Waals surface area contributed by atoms with Gasteiger partial charge in [0, 0.05) is 12.0 Å². The minimum atomic E-state index is -3.61. The number of carbonyl (C=O) groups is 1. The first-order chi connectivity index (χ1) is 15.0. The third-order valence-corrected chi connectivity index (χ3v) is 8.56. The van der Waals surface area contributed by atoms with Gasteiger partial charge in [0.05, 0.1) is 20.8 Å². The van der Waals surface area contributed by atoms with Gasteiger partial charge >= 0.3 is 6.01 Å². The van der Waals surface area contributed by atoms with E-state index in [1.807, 2.05) is 6.92 Å². The highest BCUT2D eigenvalue weighted by atomic mass is 32.2. The normalized spacial score (nSPS) is 12.1. The molecule has 0 unspecified atom stereocenters. The molecule has 3 aromatic rings. The molecule has 1 heterocycles. The average Bonchev–Trinajstić information content (AvgIpc) is 3.21. The number of aryl methyl sites for hydroxylation is 1. The predicted molar refractivity (Wildman–Crippen MR) is 119 cm³/mol. The number of nitrogens with one attached hydrogen (secondary N) is 1. The molecule has 0 fully saturated rings. The molecule has 0 aliphatic heterocycles. The van der Waals surface area contributed by atoms with Gasteiger partial charge < -0.3 is 4.42 Å². The standard InChI is InChI=1S/C21H23N3O6S2/c1-14(2)32(28,29)18-6-4-5-16(13-18)20-23-24-21(30-20)22-19(25)11-12-31(26,27)17-9-7-15(3)8-10-17/h4-10,13-14H,11-12H2,1-3H3,(H,22,24,25). The third kappa shape index (κ3) is 5.40. The van der Waals surface area contributed by atoms with E-state index in [4.69, 9.17) is 4.42 Å². The van der Waals surface area contributed by atoms with E-state index >= 15 is 0 Å². The predicted octanol–water partition coefficient (Wildman–Crippen LogP) is 3.03. The van der Waals surface area contributed by atoms with E-state index in [9.17, 15) is 21.6 Å². The number of hydrogen-bond donors (Lipinski definition) is 1.